The molecule has 26 heavy (non-hydrogen) atoms. The van der Waals surface area contributed by atoms with Gasteiger partial charge < -0.3 is 24.6 Å². The van der Waals surface area contributed by atoms with Gasteiger partial charge in [0.2, 0.25) is 0 Å². The number of carboxylic acid groups (broad SMARTS) is 1. The van der Waals surface area contributed by atoms with Crippen molar-refractivity contribution in [1.82, 2.24) is 20.3 Å². The summed E-state index contributed by atoms with van der Waals surface area (Å²) in [6.07, 6.45) is 0. The number of amides is 1. The molecule has 3 rings (SSSR count). The monoisotopic (exact) mass is 362 g/mol. The maximum absolute atomic E-state index is 12.2. The van der Waals surface area contributed by atoms with E-state index in [1.807, 2.05) is 0 Å². The Morgan fingerprint density at radius 3 is 2.85 bits per heavy atom. The number of hydrogen-bond donors (Lipinski definition) is 2. The molecular weight excluding hydrogens is 344 g/mol. The highest BCUT2D eigenvalue weighted by molar-refractivity contribution is 5.93. The summed E-state index contributed by atoms with van der Waals surface area (Å²) in [5.74, 6) is -0.193. The van der Waals surface area contributed by atoms with Crippen molar-refractivity contribution in [3.05, 3.63) is 29.6 Å². The van der Waals surface area contributed by atoms with E-state index in [1.54, 1.807) is 25.1 Å². The number of nitrogens with one attached hydrogen (secondary N) is 1. The van der Waals surface area contributed by atoms with Gasteiger partial charge in [0.05, 0.1) is 18.0 Å². The molecule has 2 N–H and O–H groups in total. The molecule has 0 saturated carbocycles. The van der Waals surface area contributed by atoms with Crippen molar-refractivity contribution >= 4 is 11.9 Å². The van der Waals surface area contributed by atoms with E-state index in [4.69, 9.17) is 19.3 Å². The van der Waals surface area contributed by atoms with Crippen LogP contribution in [0.25, 0.3) is 5.69 Å². The van der Waals surface area contributed by atoms with E-state index < -0.39 is 18.5 Å². The number of carbonyl (C=O) groups excluding carboxylic acids is 1. The highest BCUT2D eigenvalue weighted by Crippen LogP contribution is 2.32. The van der Waals surface area contributed by atoms with E-state index in [2.05, 4.69) is 15.6 Å². The lowest BCUT2D eigenvalue weighted by Crippen LogP contribution is -2.28. The average molecular weight is 362 g/mol. The topological polar surface area (TPSA) is 125 Å². The number of ether oxygens (including phenoxy) is 3. The van der Waals surface area contributed by atoms with E-state index in [9.17, 15) is 9.59 Å². The zero-order valence-electron chi connectivity index (χ0n) is 14.1. The molecule has 1 aromatic carbocycles. The molecule has 1 aliphatic heterocycles. The van der Waals surface area contributed by atoms with E-state index >= 15 is 0 Å². The quantitative estimate of drug-likeness (QED) is 0.668. The Labute approximate surface area is 148 Å². The maximum Gasteiger partial charge on any atom is 0.329 e. The van der Waals surface area contributed by atoms with Crippen LogP contribution >= 0.6 is 0 Å². The number of aliphatic carboxylic acids is 1. The van der Waals surface area contributed by atoms with Gasteiger partial charge in [-0.05, 0) is 19.1 Å². The Morgan fingerprint density at radius 2 is 2.08 bits per heavy atom. The molecule has 10 nitrogen and oxygen atoms in total. The molecule has 0 aliphatic carbocycles. The van der Waals surface area contributed by atoms with Gasteiger partial charge in [-0.25, -0.2) is 9.48 Å². The van der Waals surface area contributed by atoms with Crippen LogP contribution in [-0.2, 0) is 9.53 Å². The van der Waals surface area contributed by atoms with Gasteiger partial charge in [-0.15, -0.1) is 5.10 Å². The maximum atomic E-state index is 12.2. The second kappa shape index (κ2) is 7.83. The Kier molecular flexibility index (Phi) is 5.32. The average Bonchev–Trinajstić information content (AvgIpc) is 3.02. The lowest BCUT2D eigenvalue weighted by molar-refractivity contribution is -0.142. The summed E-state index contributed by atoms with van der Waals surface area (Å²) in [5, 5.41) is 19.0. The van der Waals surface area contributed by atoms with Gasteiger partial charge in [0.1, 0.15) is 19.8 Å². The van der Waals surface area contributed by atoms with Gasteiger partial charge in [0.25, 0.3) is 5.91 Å². The van der Waals surface area contributed by atoms with Crippen LogP contribution in [0.3, 0.4) is 0 Å². The summed E-state index contributed by atoms with van der Waals surface area (Å²) in [6, 6.07) is 5.36. The summed E-state index contributed by atoms with van der Waals surface area (Å²) in [7, 11) is 0. The number of carboxylic acids is 1. The van der Waals surface area contributed by atoms with Gasteiger partial charge in [-0.3, -0.25) is 4.79 Å². The number of carbonyl (C=O) groups is 2. The van der Waals surface area contributed by atoms with Crippen molar-refractivity contribution in [2.75, 3.05) is 33.0 Å². The summed E-state index contributed by atoms with van der Waals surface area (Å²) in [5.41, 5.74) is 1.44. The summed E-state index contributed by atoms with van der Waals surface area (Å²) in [4.78, 5) is 22.5. The van der Waals surface area contributed by atoms with Crippen LogP contribution in [0.1, 0.15) is 16.2 Å². The van der Waals surface area contributed by atoms with Crippen LogP contribution in [0.2, 0.25) is 0 Å². The van der Waals surface area contributed by atoms with E-state index in [0.29, 0.717) is 36.1 Å². The third-order valence-electron chi connectivity index (χ3n) is 3.64. The largest absolute Gasteiger partial charge is 0.486 e. The molecule has 1 aromatic heterocycles. The molecular formula is C16H18N4O6. The summed E-state index contributed by atoms with van der Waals surface area (Å²) >= 11 is 0. The van der Waals surface area contributed by atoms with Crippen LogP contribution < -0.4 is 14.8 Å². The Bertz CT molecular complexity index is 819. The normalized spacial score (nSPS) is 12.7. The van der Waals surface area contributed by atoms with Gasteiger partial charge in [-0.1, -0.05) is 5.21 Å². The molecule has 2 aromatic rings. The first kappa shape index (κ1) is 17.7. The minimum Gasteiger partial charge on any atom is -0.486 e. The zero-order valence-corrected chi connectivity index (χ0v) is 14.1. The first-order valence-corrected chi connectivity index (χ1v) is 7.96. The van der Waals surface area contributed by atoms with Crippen molar-refractivity contribution in [2.45, 2.75) is 6.92 Å². The molecule has 1 aliphatic rings. The Morgan fingerprint density at radius 1 is 1.31 bits per heavy atom. The molecule has 0 spiro atoms. The minimum absolute atomic E-state index is 0.0907. The number of rotatable bonds is 7. The second-order valence-corrected chi connectivity index (χ2v) is 5.47. The van der Waals surface area contributed by atoms with Gasteiger partial charge in [0, 0.05) is 12.6 Å². The number of aromatic nitrogens is 3. The first-order valence-electron chi connectivity index (χ1n) is 7.96. The van der Waals surface area contributed by atoms with E-state index in [1.165, 1.54) is 4.68 Å². The zero-order chi connectivity index (χ0) is 18.5. The van der Waals surface area contributed by atoms with Crippen molar-refractivity contribution in [2.24, 2.45) is 0 Å². The van der Waals surface area contributed by atoms with Crippen molar-refractivity contribution in [3.8, 4) is 17.2 Å². The van der Waals surface area contributed by atoms with Crippen LogP contribution in [-0.4, -0.2) is 64.9 Å². The lowest BCUT2D eigenvalue weighted by atomic mass is 10.2. The summed E-state index contributed by atoms with van der Waals surface area (Å²) < 4.78 is 17.4. The second-order valence-electron chi connectivity index (χ2n) is 5.47. The fraction of sp³-hybridized carbons (Fsp3) is 0.375. The van der Waals surface area contributed by atoms with Crippen LogP contribution in [0.4, 0.5) is 0 Å². The third kappa shape index (κ3) is 3.91. The molecule has 138 valence electrons. The van der Waals surface area contributed by atoms with Crippen LogP contribution in [0, 0.1) is 6.92 Å². The predicted molar refractivity (Wildman–Crippen MR) is 87.9 cm³/mol. The number of fused-ring (bicyclic) bond motifs is 1. The molecule has 2 heterocycles. The van der Waals surface area contributed by atoms with Crippen LogP contribution in [0.15, 0.2) is 18.2 Å². The molecule has 0 unspecified atom stereocenters. The SMILES string of the molecule is Cc1c(C(=O)NCCOCC(=O)O)nnn1-c1ccc2c(c1)OCCO2. The Balaban J connectivity index is 1.66. The predicted octanol–water partition coefficient (Wildman–Crippen LogP) is 0.178. The Hall–Kier alpha value is -3.14. The van der Waals surface area contributed by atoms with E-state index in [-0.39, 0.29) is 18.8 Å². The van der Waals surface area contributed by atoms with Crippen molar-refractivity contribution in [1.29, 1.82) is 0 Å². The molecule has 0 bridgehead atoms. The minimum atomic E-state index is -1.06. The first-order chi connectivity index (χ1) is 12.6. The number of nitrogens with zero attached hydrogens (tertiary/aromatic N) is 3. The number of hydrogen-bond acceptors (Lipinski definition) is 7. The van der Waals surface area contributed by atoms with Gasteiger partial charge >= 0.3 is 5.97 Å². The van der Waals surface area contributed by atoms with Crippen molar-refractivity contribution in [3.63, 3.8) is 0 Å². The smallest absolute Gasteiger partial charge is 0.329 e. The number of benzene rings is 1. The molecule has 10 heteroatoms. The molecule has 0 saturated heterocycles. The third-order valence-corrected chi connectivity index (χ3v) is 3.64. The van der Waals surface area contributed by atoms with Gasteiger partial charge in [0.15, 0.2) is 17.2 Å². The van der Waals surface area contributed by atoms with Crippen LogP contribution in [0.5, 0.6) is 11.5 Å². The van der Waals surface area contributed by atoms with Gasteiger partial charge in [-0.2, -0.15) is 0 Å². The highest BCUT2D eigenvalue weighted by atomic mass is 16.6. The molecule has 0 fully saturated rings. The highest BCUT2D eigenvalue weighted by Gasteiger charge is 2.19. The van der Waals surface area contributed by atoms with Crippen molar-refractivity contribution < 1.29 is 28.9 Å². The van der Waals surface area contributed by atoms with E-state index in [0.717, 1.165) is 0 Å². The summed E-state index contributed by atoms with van der Waals surface area (Å²) in [6.45, 7) is 2.57. The molecule has 1 amide bonds. The fourth-order valence-electron chi connectivity index (χ4n) is 2.43. The fourth-order valence-corrected chi connectivity index (χ4v) is 2.43. The molecule has 0 atom stereocenters. The molecule has 0 radical (unpaired) electrons. The lowest BCUT2D eigenvalue weighted by Gasteiger charge is -2.18. The standard InChI is InChI=1S/C16H18N4O6/c1-10-15(16(23)17-4-5-24-9-14(21)22)18-19-20(10)11-2-3-12-13(8-11)26-7-6-25-12/h2-3,8H,4-7,9H2,1H3,(H,17,23)(H,21,22).